The zero-order valence-corrected chi connectivity index (χ0v) is 18.5. The second-order valence-electron chi connectivity index (χ2n) is 7.60. The van der Waals surface area contributed by atoms with Crippen LogP contribution in [-0.4, -0.2) is 38.9 Å². The monoisotopic (exact) mass is 467 g/mol. The second-order valence-corrected chi connectivity index (χ2v) is 8.63. The molecule has 0 aliphatic carbocycles. The fourth-order valence-corrected chi connectivity index (χ4v) is 4.00. The van der Waals surface area contributed by atoms with Crippen LogP contribution in [0.15, 0.2) is 30.5 Å². The molecular weight excluding hydrogens is 443 g/mol. The Hall–Kier alpha value is -3.08. The number of thiazole rings is 1. The van der Waals surface area contributed by atoms with Gasteiger partial charge in [0.25, 0.3) is 0 Å². The van der Waals surface area contributed by atoms with Gasteiger partial charge in [0.15, 0.2) is 16.7 Å². The Labute approximate surface area is 188 Å². The molecule has 3 rings (SSSR count). The number of hydrogen-bond acceptors (Lipinski definition) is 7. The fourth-order valence-electron chi connectivity index (χ4n) is 3.04. The highest BCUT2D eigenvalue weighted by Gasteiger charge is 2.31. The van der Waals surface area contributed by atoms with Gasteiger partial charge in [-0.2, -0.15) is 13.2 Å². The lowest BCUT2D eigenvalue weighted by Gasteiger charge is -2.22. The van der Waals surface area contributed by atoms with Crippen molar-refractivity contribution in [2.24, 2.45) is 5.92 Å². The SMILES string of the molecule is CC(=O)Nc1nc2ccc(-c3nccc(N[C@@H](C(=O)CCC(F)(F)F)C(C)C)n3)cc2s1.[HH]. The molecule has 0 radical (unpaired) electrons. The number of nitrogens with one attached hydrogen (secondary N) is 2. The van der Waals surface area contributed by atoms with Crippen LogP contribution in [0.5, 0.6) is 0 Å². The summed E-state index contributed by atoms with van der Waals surface area (Å²) in [6.07, 6.45) is -4.60. The summed E-state index contributed by atoms with van der Waals surface area (Å²) in [4.78, 5) is 36.7. The molecule has 0 saturated heterocycles. The minimum Gasteiger partial charge on any atom is -0.360 e. The molecule has 0 unspecified atom stereocenters. The van der Waals surface area contributed by atoms with Gasteiger partial charge in [-0.3, -0.25) is 9.59 Å². The molecule has 2 heterocycles. The van der Waals surface area contributed by atoms with Gasteiger partial charge in [-0.1, -0.05) is 25.2 Å². The van der Waals surface area contributed by atoms with Gasteiger partial charge < -0.3 is 10.6 Å². The van der Waals surface area contributed by atoms with Crippen molar-refractivity contribution in [2.45, 2.75) is 45.8 Å². The van der Waals surface area contributed by atoms with Gasteiger partial charge >= 0.3 is 6.18 Å². The standard InChI is InChI=1S/C21H22F3N5O2S.H2/c1-11(2)18(15(31)6-8-21(22,23)24)28-17-7-9-25-19(29-17)13-4-5-14-16(10-13)32-20(27-14)26-12(3)30;/h4-5,7,9-11,18H,6,8H2,1-3H3,(H,25,28,29)(H,26,27,30);1H/t18-;/m1./s1. The molecule has 0 aliphatic heterocycles. The van der Waals surface area contributed by atoms with E-state index in [1.54, 1.807) is 32.0 Å². The molecule has 0 fully saturated rings. The third kappa shape index (κ3) is 6.22. The van der Waals surface area contributed by atoms with Gasteiger partial charge in [0.2, 0.25) is 5.91 Å². The highest BCUT2D eigenvalue weighted by molar-refractivity contribution is 7.22. The number of anilines is 2. The zero-order valence-electron chi connectivity index (χ0n) is 17.7. The van der Waals surface area contributed by atoms with Crippen LogP contribution in [0.25, 0.3) is 21.6 Å². The molecule has 7 nitrogen and oxygen atoms in total. The van der Waals surface area contributed by atoms with Crippen LogP contribution in [0, 0.1) is 5.92 Å². The topological polar surface area (TPSA) is 96.9 Å². The molecule has 32 heavy (non-hydrogen) atoms. The van der Waals surface area contributed by atoms with Crippen molar-refractivity contribution in [3.05, 3.63) is 30.5 Å². The van der Waals surface area contributed by atoms with E-state index < -0.39 is 30.8 Å². The summed E-state index contributed by atoms with van der Waals surface area (Å²) in [6, 6.07) is 6.17. The minimum atomic E-state index is -4.38. The lowest BCUT2D eigenvalue weighted by Crippen LogP contribution is -2.35. The van der Waals surface area contributed by atoms with E-state index in [0.717, 1.165) is 4.70 Å². The summed E-state index contributed by atoms with van der Waals surface area (Å²) in [6.45, 7) is 4.92. The van der Waals surface area contributed by atoms with Crippen molar-refractivity contribution in [3.8, 4) is 11.4 Å². The van der Waals surface area contributed by atoms with Crippen molar-refractivity contribution in [1.82, 2.24) is 15.0 Å². The van der Waals surface area contributed by atoms with Gasteiger partial charge in [-0.15, -0.1) is 0 Å². The average Bonchev–Trinajstić information content (AvgIpc) is 3.10. The number of hydrogen-bond donors (Lipinski definition) is 2. The van der Waals surface area contributed by atoms with E-state index in [2.05, 4.69) is 25.6 Å². The lowest BCUT2D eigenvalue weighted by atomic mass is 9.97. The number of amides is 1. The molecular formula is C21H24F3N5O2S. The first-order valence-electron chi connectivity index (χ1n) is 9.89. The number of rotatable bonds is 8. The van der Waals surface area contributed by atoms with E-state index in [1.165, 1.54) is 24.5 Å². The molecule has 11 heteroatoms. The normalized spacial score (nSPS) is 12.7. The summed E-state index contributed by atoms with van der Waals surface area (Å²) < 4.78 is 38.3. The van der Waals surface area contributed by atoms with Crippen LogP contribution < -0.4 is 10.6 Å². The Morgan fingerprint density at radius 1 is 1.19 bits per heavy atom. The Morgan fingerprint density at radius 3 is 2.59 bits per heavy atom. The summed E-state index contributed by atoms with van der Waals surface area (Å²) in [7, 11) is 0. The van der Waals surface area contributed by atoms with Gasteiger partial charge in [0, 0.05) is 26.5 Å². The van der Waals surface area contributed by atoms with Crippen molar-refractivity contribution in [2.75, 3.05) is 10.6 Å². The maximum Gasteiger partial charge on any atom is 0.389 e. The smallest absolute Gasteiger partial charge is 0.360 e. The van der Waals surface area contributed by atoms with Gasteiger partial charge in [0.05, 0.1) is 22.7 Å². The van der Waals surface area contributed by atoms with Crippen LogP contribution in [0.1, 0.15) is 35.0 Å². The number of alkyl halides is 3. The first-order chi connectivity index (χ1) is 15.0. The van der Waals surface area contributed by atoms with Crippen molar-refractivity contribution in [3.63, 3.8) is 0 Å². The number of aromatic nitrogens is 3. The highest BCUT2D eigenvalue weighted by atomic mass is 32.1. The number of ketones is 1. The number of Topliss-reactive ketones (excluding diaryl/α,β-unsaturated/α-hetero) is 1. The quantitative estimate of drug-likeness (QED) is 0.466. The molecule has 2 aromatic heterocycles. The minimum absolute atomic E-state index is 0. The fraction of sp³-hybridized carbons (Fsp3) is 0.381. The Balaban J connectivity index is 0.00000385. The van der Waals surface area contributed by atoms with Crippen LogP contribution in [-0.2, 0) is 9.59 Å². The van der Waals surface area contributed by atoms with E-state index in [-0.39, 0.29) is 13.3 Å². The summed E-state index contributed by atoms with van der Waals surface area (Å²) in [5.41, 5.74) is 1.41. The zero-order chi connectivity index (χ0) is 23.5. The van der Waals surface area contributed by atoms with E-state index in [1.807, 2.05) is 6.07 Å². The molecule has 1 aromatic carbocycles. The van der Waals surface area contributed by atoms with Crippen LogP contribution >= 0.6 is 11.3 Å². The van der Waals surface area contributed by atoms with Gasteiger partial charge in [0.1, 0.15) is 5.82 Å². The Morgan fingerprint density at radius 2 is 1.94 bits per heavy atom. The first-order valence-corrected chi connectivity index (χ1v) is 10.7. The van der Waals surface area contributed by atoms with Crippen LogP contribution in [0.2, 0.25) is 0 Å². The number of halogens is 3. The van der Waals surface area contributed by atoms with Gasteiger partial charge in [-0.05, 0) is 30.2 Å². The largest absolute Gasteiger partial charge is 0.389 e. The van der Waals surface area contributed by atoms with Gasteiger partial charge in [-0.25, -0.2) is 15.0 Å². The maximum absolute atomic E-state index is 12.5. The van der Waals surface area contributed by atoms with Crippen LogP contribution in [0.3, 0.4) is 0 Å². The van der Waals surface area contributed by atoms with Crippen LogP contribution in [0.4, 0.5) is 24.1 Å². The van der Waals surface area contributed by atoms with E-state index >= 15 is 0 Å². The average molecular weight is 468 g/mol. The number of nitrogens with zero attached hydrogens (tertiary/aromatic N) is 3. The van der Waals surface area contributed by atoms with Crippen molar-refractivity contribution < 1.29 is 24.2 Å². The van der Waals surface area contributed by atoms with Crippen molar-refractivity contribution >= 4 is 44.2 Å². The first kappa shape index (κ1) is 23.6. The predicted octanol–water partition coefficient (Wildman–Crippen LogP) is 5.31. The van der Waals surface area contributed by atoms with E-state index in [4.69, 9.17) is 0 Å². The van der Waals surface area contributed by atoms with E-state index in [9.17, 15) is 22.8 Å². The molecule has 0 aliphatic rings. The maximum atomic E-state index is 12.5. The molecule has 0 saturated carbocycles. The predicted molar refractivity (Wildman–Crippen MR) is 120 cm³/mol. The Bertz CT molecular complexity index is 1140. The summed E-state index contributed by atoms with van der Waals surface area (Å²) in [5, 5.41) is 6.10. The highest BCUT2D eigenvalue weighted by Crippen LogP contribution is 2.30. The molecule has 2 N–H and O–H groups in total. The molecule has 172 valence electrons. The number of benzene rings is 1. The third-order valence-corrected chi connectivity index (χ3v) is 5.49. The molecule has 1 atom stereocenters. The summed E-state index contributed by atoms with van der Waals surface area (Å²) >= 11 is 1.31. The van der Waals surface area contributed by atoms with E-state index in [0.29, 0.717) is 27.9 Å². The molecule has 3 aromatic rings. The molecule has 0 spiro atoms. The Kier molecular flexibility index (Phi) is 7.07. The van der Waals surface area contributed by atoms with Crippen molar-refractivity contribution in [1.29, 1.82) is 0 Å². The number of carbonyl (C=O) groups is 2. The molecule has 1 amide bonds. The second kappa shape index (κ2) is 9.60. The lowest BCUT2D eigenvalue weighted by molar-refractivity contribution is -0.143. The molecule has 0 bridgehead atoms. The number of carbonyl (C=O) groups excluding carboxylic acids is 2. The summed E-state index contributed by atoms with van der Waals surface area (Å²) in [5.74, 6) is -0.228. The third-order valence-electron chi connectivity index (χ3n) is 4.56. The number of fused-ring (bicyclic) bond motifs is 1.